The van der Waals surface area contributed by atoms with E-state index in [0.29, 0.717) is 25.7 Å². The zero-order valence-corrected chi connectivity index (χ0v) is 10.9. The minimum Gasteiger partial charge on any atom is -0.390 e. The second-order valence-electron chi connectivity index (χ2n) is 4.58. The van der Waals surface area contributed by atoms with Crippen molar-refractivity contribution in [2.24, 2.45) is 0 Å². The van der Waals surface area contributed by atoms with Crippen LogP contribution >= 0.6 is 0 Å². The van der Waals surface area contributed by atoms with Gasteiger partial charge in [-0.3, -0.25) is 0 Å². The van der Waals surface area contributed by atoms with Crippen LogP contribution in [0.25, 0.3) is 0 Å². The molecule has 4 N–H and O–H groups in total. The number of allylic oxidation sites excluding steroid dienone is 2. The number of rotatable bonds is 11. The molecule has 0 fully saturated rings. The number of hydrogen-bond acceptors (Lipinski definition) is 4. The van der Waals surface area contributed by atoms with E-state index in [4.69, 9.17) is 0 Å². The van der Waals surface area contributed by atoms with E-state index >= 15 is 0 Å². The fourth-order valence-corrected chi connectivity index (χ4v) is 1.69. The molecule has 0 aromatic heterocycles. The van der Waals surface area contributed by atoms with Gasteiger partial charge in [0, 0.05) is 0 Å². The lowest BCUT2D eigenvalue weighted by molar-refractivity contribution is -0.0219. The summed E-state index contributed by atoms with van der Waals surface area (Å²) >= 11 is 0. The molecule has 4 atom stereocenters. The highest BCUT2D eigenvalue weighted by Gasteiger charge is 2.20. The molecule has 0 rings (SSSR count). The topological polar surface area (TPSA) is 80.9 Å². The van der Waals surface area contributed by atoms with E-state index in [1.807, 2.05) is 0 Å². The monoisotopic (exact) mass is 258 g/mol. The lowest BCUT2D eigenvalue weighted by Gasteiger charge is -2.21. The van der Waals surface area contributed by atoms with Crippen LogP contribution in [-0.4, -0.2) is 44.8 Å². The first-order valence-corrected chi connectivity index (χ1v) is 6.47. The Labute approximate surface area is 109 Å². The van der Waals surface area contributed by atoms with Gasteiger partial charge >= 0.3 is 0 Å². The van der Waals surface area contributed by atoms with Gasteiger partial charge in [-0.1, -0.05) is 12.2 Å². The van der Waals surface area contributed by atoms with Crippen LogP contribution in [-0.2, 0) is 0 Å². The van der Waals surface area contributed by atoms with Crippen molar-refractivity contribution in [3.8, 4) is 0 Å². The largest absolute Gasteiger partial charge is 0.390 e. The second-order valence-corrected chi connectivity index (χ2v) is 4.58. The standard InChI is InChI=1S/C14H26O4/c1-3-5-7-11(15)13(17)9-10-14(18)12(16)8-6-4-2/h3-4,11-18H,1-2,5-10H2/t11-,12-,13-,14-/m0/s1. The van der Waals surface area contributed by atoms with E-state index in [0.717, 1.165) is 0 Å². The fourth-order valence-electron chi connectivity index (χ4n) is 1.69. The van der Waals surface area contributed by atoms with Crippen LogP contribution in [0.1, 0.15) is 38.5 Å². The van der Waals surface area contributed by atoms with Gasteiger partial charge < -0.3 is 20.4 Å². The average molecular weight is 258 g/mol. The van der Waals surface area contributed by atoms with Crippen molar-refractivity contribution in [3.05, 3.63) is 25.3 Å². The Kier molecular flexibility index (Phi) is 9.87. The first kappa shape index (κ1) is 17.3. The molecule has 0 aliphatic carbocycles. The van der Waals surface area contributed by atoms with Gasteiger partial charge in [-0.05, 0) is 38.5 Å². The molecule has 0 heterocycles. The highest BCUT2D eigenvalue weighted by Crippen LogP contribution is 2.13. The summed E-state index contributed by atoms with van der Waals surface area (Å²) in [7, 11) is 0. The molecule has 0 saturated heterocycles. The van der Waals surface area contributed by atoms with Crippen LogP contribution in [0.3, 0.4) is 0 Å². The third-order valence-corrected chi connectivity index (χ3v) is 2.98. The summed E-state index contributed by atoms with van der Waals surface area (Å²) in [4.78, 5) is 0. The summed E-state index contributed by atoms with van der Waals surface area (Å²) < 4.78 is 0. The SMILES string of the molecule is C=CCC[C@H](O)[C@@H](O)CC[C@H](O)[C@@H](O)CCC=C. The Hall–Kier alpha value is -0.680. The normalized spacial score (nSPS) is 17.8. The van der Waals surface area contributed by atoms with E-state index < -0.39 is 24.4 Å². The quantitative estimate of drug-likeness (QED) is 0.419. The molecule has 0 aromatic carbocycles. The first-order valence-electron chi connectivity index (χ1n) is 6.47. The molecular formula is C14H26O4. The zero-order chi connectivity index (χ0) is 14.0. The van der Waals surface area contributed by atoms with Gasteiger partial charge in [0.1, 0.15) is 0 Å². The minimum absolute atomic E-state index is 0.268. The minimum atomic E-state index is -0.869. The van der Waals surface area contributed by atoms with Crippen molar-refractivity contribution in [1.29, 1.82) is 0 Å². The molecule has 18 heavy (non-hydrogen) atoms. The highest BCUT2D eigenvalue weighted by atomic mass is 16.3. The predicted molar refractivity (Wildman–Crippen MR) is 72.1 cm³/mol. The lowest BCUT2D eigenvalue weighted by Crippen LogP contribution is -2.30. The summed E-state index contributed by atoms with van der Waals surface area (Å²) in [5.41, 5.74) is 0. The van der Waals surface area contributed by atoms with Gasteiger partial charge in [-0.15, -0.1) is 13.2 Å². The third-order valence-electron chi connectivity index (χ3n) is 2.98. The van der Waals surface area contributed by atoms with Gasteiger partial charge in [0.05, 0.1) is 24.4 Å². The van der Waals surface area contributed by atoms with Gasteiger partial charge in [-0.2, -0.15) is 0 Å². The summed E-state index contributed by atoms with van der Waals surface area (Å²) in [6.45, 7) is 7.09. The molecule has 0 unspecified atom stereocenters. The molecule has 0 bridgehead atoms. The van der Waals surface area contributed by atoms with E-state index in [1.165, 1.54) is 0 Å². The molecule has 0 saturated carbocycles. The molecule has 0 aliphatic rings. The van der Waals surface area contributed by atoms with Gasteiger partial charge in [0.2, 0.25) is 0 Å². The molecule has 0 radical (unpaired) electrons. The predicted octanol–water partition coefficient (Wildman–Crippen LogP) is 1.14. The molecule has 4 heteroatoms. The Morgan fingerprint density at radius 1 is 0.611 bits per heavy atom. The number of hydrogen-bond donors (Lipinski definition) is 4. The molecule has 4 nitrogen and oxygen atoms in total. The fraction of sp³-hybridized carbons (Fsp3) is 0.714. The average Bonchev–Trinajstić information content (AvgIpc) is 2.38. The third kappa shape index (κ3) is 7.61. The van der Waals surface area contributed by atoms with E-state index in [9.17, 15) is 20.4 Å². The molecule has 106 valence electrons. The Morgan fingerprint density at radius 2 is 0.889 bits per heavy atom. The van der Waals surface area contributed by atoms with Crippen molar-refractivity contribution in [1.82, 2.24) is 0 Å². The van der Waals surface area contributed by atoms with Crippen molar-refractivity contribution in [3.63, 3.8) is 0 Å². The molecule has 0 amide bonds. The maximum absolute atomic E-state index is 9.66. The summed E-state index contributed by atoms with van der Waals surface area (Å²) in [6, 6.07) is 0. The van der Waals surface area contributed by atoms with Crippen LogP contribution < -0.4 is 0 Å². The van der Waals surface area contributed by atoms with E-state index in [1.54, 1.807) is 12.2 Å². The summed E-state index contributed by atoms with van der Waals surface area (Å²) in [5.74, 6) is 0. The highest BCUT2D eigenvalue weighted by molar-refractivity contribution is 4.77. The van der Waals surface area contributed by atoms with Gasteiger partial charge in [0.25, 0.3) is 0 Å². The van der Waals surface area contributed by atoms with Crippen molar-refractivity contribution < 1.29 is 20.4 Å². The molecule has 0 aliphatic heterocycles. The van der Waals surface area contributed by atoms with E-state index in [-0.39, 0.29) is 12.8 Å². The van der Waals surface area contributed by atoms with E-state index in [2.05, 4.69) is 13.2 Å². The van der Waals surface area contributed by atoms with Crippen LogP contribution in [0, 0.1) is 0 Å². The zero-order valence-electron chi connectivity index (χ0n) is 10.9. The van der Waals surface area contributed by atoms with Crippen molar-refractivity contribution in [2.45, 2.75) is 62.9 Å². The summed E-state index contributed by atoms with van der Waals surface area (Å²) in [5, 5.41) is 38.5. The van der Waals surface area contributed by atoms with Crippen LogP contribution in [0.15, 0.2) is 25.3 Å². The molecular weight excluding hydrogens is 232 g/mol. The second kappa shape index (κ2) is 10.3. The van der Waals surface area contributed by atoms with Crippen molar-refractivity contribution in [2.75, 3.05) is 0 Å². The maximum Gasteiger partial charge on any atom is 0.0802 e. The Bertz CT molecular complexity index is 206. The Balaban J connectivity index is 3.84. The maximum atomic E-state index is 9.66. The Morgan fingerprint density at radius 3 is 1.17 bits per heavy atom. The van der Waals surface area contributed by atoms with Gasteiger partial charge in [0.15, 0.2) is 0 Å². The van der Waals surface area contributed by atoms with Gasteiger partial charge in [-0.25, -0.2) is 0 Å². The summed E-state index contributed by atoms with van der Waals surface area (Å²) in [6.07, 6.45) is 2.76. The van der Waals surface area contributed by atoms with Crippen LogP contribution in [0.4, 0.5) is 0 Å². The first-order chi connectivity index (χ1) is 8.52. The number of aliphatic hydroxyl groups is 4. The molecule has 0 aromatic rings. The number of aliphatic hydroxyl groups excluding tert-OH is 4. The van der Waals surface area contributed by atoms with Crippen LogP contribution in [0.2, 0.25) is 0 Å². The lowest BCUT2D eigenvalue weighted by atomic mass is 9.98. The van der Waals surface area contributed by atoms with Crippen LogP contribution in [0.5, 0.6) is 0 Å². The smallest absolute Gasteiger partial charge is 0.0802 e. The van der Waals surface area contributed by atoms with Crippen molar-refractivity contribution >= 4 is 0 Å². The molecule has 0 spiro atoms.